The highest BCUT2D eigenvalue weighted by Gasteiger charge is 2.14. The molecular formula is C12H16N6O3. The Labute approximate surface area is 120 Å². The van der Waals surface area contributed by atoms with Gasteiger partial charge in [-0.3, -0.25) is 9.48 Å². The molecule has 0 saturated heterocycles. The number of aryl methyl sites for hydroxylation is 2. The highest BCUT2D eigenvalue weighted by atomic mass is 16.6. The lowest BCUT2D eigenvalue weighted by Gasteiger charge is -2.04. The molecule has 0 atom stereocenters. The zero-order valence-corrected chi connectivity index (χ0v) is 12.0. The fourth-order valence-corrected chi connectivity index (χ4v) is 2.00. The van der Waals surface area contributed by atoms with E-state index in [1.165, 1.54) is 16.9 Å². The van der Waals surface area contributed by atoms with E-state index in [4.69, 9.17) is 0 Å². The number of amides is 1. The van der Waals surface area contributed by atoms with Crippen molar-refractivity contribution in [3.05, 3.63) is 39.3 Å². The van der Waals surface area contributed by atoms with Crippen LogP contribution in [0.5, 0.6) is 0 Å². The molecule has 9 nitrogen and oxygen atoms in total. The van der Waals surface area contributed by atoms with Gasteiger partial charge in [0.1, 0.15) is 6.54 Å². The molecule has 0 bridgehead atoms. The van der Waals surface area contributed by atoms with Crippen molar-refractivity contribution in [1.82, 2.24) is 24.9 Å². The Kier molecular flexibility index (Phi) is 4.01. The molecule has 0 aliphatic rings. The SMILES string of the molecule is Cc1nn(C)c(C)c1CNC(=O)Cn1ccc([N+](=O)[O-])n1. The first kappa shape index (κ1) is 14.7. The summed E-state index contributed by atoms with van der Waals surface area (Å²) in [6.45, 7) is 4.11. The van der Waals surface area contributed by atoms with Gasteiger partial charge in [-0.1, -0.05) is 0 Å². The van der Waals surface area contributed by atoms with Gasteiger partial charge in [-0.05, 0) is 18.8 Å². The maximum Gasteiger partial charge on any atom is 0.389 e. The predicted octanol–water partition coefficient (Wildman–Crippen LogP) is 0.458. The minimum Gasteiger partial charge on any atom is -0.358 e. The minimum atomic E-state index is -0.600. The number of hydrogen-bond acceptors (Lipinski definition) is 5. The van der Waals surface area contributed by atoms with Crippen molar-refractivity contribution in [2.45, 2.75) is 26.9 Å². The van der Waals surface area contributed by atoms with E-state index in [2.05, 4.69) is 15.5 Å². The van der Waals surface area contributed by atoms with Crippen LogP contribution in [-0.2, 0) is 24.9 Å². The maximum atomic E-state index is 11.8. The second-order valence-corrected chi connectivity index (χ2v) is 4.68. The van der Waals surface area contributed by atoms with E-state index in [1.54, 1.807) is 4.68 Å². The Bertz CT molecular complexity index is 687. The third-order valence-electron chi connectivity index (χ3n) is 3.24. The van der Waals surface area contributed by atoms with Crippen molar-refractivity contribution in [3.63, 3.8) is 0 Å². The van der Waals surface area contributed by atoms with E-state index in [0.717, 1.165) is 17.0 Å². The molecule has 0 fully saturated rings. The third kappa shape index (κ3) is 3.25. The molecule has 2 rings (SSSR count). The van der Waals surface area contributed by atoms with E-state index >= 15 is 0 Å². The molecule has 1 N–H and O–H groups in total. The molecule has 0 saturated carbocycles. The fraction of sp³-hybridized carbons (Fsp3) is 0.417. The van der Waals surface area contributed by atoms with Crippen LogP contribution in [0.4, 0.5) is 5.82 Å². The van der Waals surface area contributed by atoms with Crippen molar-refractivity contribution >= 4 is 11.7 Å². The molecular weight excluding hydrogens is 276 g/mol. The molecule has 0 radical (unpaired) electrons. The van der Waals surface area contributed by atoms with Crippen molar-refractivity contribution in [1.29, 1.82) is 0 Å². The van der Waals surface area contributed by atoms with Crippen LogP contribution in [0.2, 0.25) is 0 Å². The summed E-state index contributed by atoms with van der Waals surface area (Å²) in [5.74, 6) is -0.544. The van der Waals surface area contributed by atoms with Crippen molar-refractivity contribution in [3.8, 4) is 0 Å². The summed E-state index contributed by atoms with van der Waals surface area (Å²) in [7, 11) is 1.84. The zero-order chi connectivity index (χ0) is 15.6. The minimum absolute atomic E-state index is 0.0633. The topological polar surface area (TPSA) is 108 Å². The largest absolute Gasteiger partial charge is 0.389 e. The van der Waals surface area contributed by atoms with Gasteiger partial charge >= 0.3 is 5.82 Å². The quantitative estimate of drug-likeness (QED) is 0.636. The van der Waals surface area contributed by atoms with Gasteiger partial charge in [0.25, 0.3) is 0 Å². The van der Waals surface area contributed by atoms with Gasteiger partial charge in [0.2, 0.25) is 5.91 Å². The van der Waals surface area contributed by atoms with E-state index in [1.807, 2.05) is 20.9 Å². The standard InChI is InChI=1S/C12H16N6O3/c1-8-10(9(2)16(3)14-8)6-13-12(19)7-17-5-4-11(15-17)18(20)21/h4-5H,6-7H2,1-3H3,(H,13,19). The first-order valence-electron chi connectivity index (χ1n) is 6.32. The number of rotatable bonds is 5. The normalized spacial score (nSPS) is 10.6. The average molecular weight is 292 g/mol. The number of carbonyl (C=O) groups is 1. The van der Waals surface area contributed by atoms with Crippen LogP contribution >= 0.6 is 0 Å². The number of hydrogen-bond donors (Lipinski definition) is 1. The Morgan fingerprint density at radius 2 is 2.14 bits per heavy atom. The van der Waals surface area contributed by atoms with Crippen LogP contribution in [0.15, 0.2) is 12.3 Å². The molecule has 0 aliphatic carbocycles. The Morgan fingerprint density at radius 1 is 1.43 bits per heavy atom. The van der Waals surface area contributed by atoms with Gasteiger partial charge in [-0.15, -0.1) is 0 Å². The van der Waals surface area contributed by atoms with E-state index < -0.39 is 4.92 Å². The Balaban J connectivity index is 1.94. The second kappa shape index (κ2) is 5.73. The summed E-state index contributed by atoms with van der Waals surface area (Å²) in [6, 6.07) is 1.25. The summed E-state index contributed by atoms with van der Waals surface area (Å²) in [4.78, 5) is 21.7. The molecule has 2 aromatic heterocycles. The summed E-state index contributed by atoms with van der Waals surface area (Å²) in [5, 5.41) is 21.2. The third-order valence-corrected chi connectivity index (χ3v) is 3.24. The van der Waals surface area contributed by atoms with E-state index in [9.17, 15) is 14.9 Å². The molecule has 0 aliphatic heterocycles. The fourth-order valence-electron chi connectivity index (χ4n) is 2.00. The molecule has 0 unspecified atom stereocenters. The molecule has 2 aromatic rings. The monoisotopic (exact) mass is 292 g/mol. The van der Waals surface area contributed by atoms with Crippen molar-refractivity contribution in [2.75, 3.05) is 0 Å². The summed E-state index contributed by atoms with van der Waals surface area (Å²) in [6.07, 6.45) is 1.40. The van der Waals surface area contributed by atoms with Crippen molar-refractivity contribution < 1.29 is 9.72 Å². The molecule has 0 aromatic carbocycles. The predicted molar refractivity (Wildman–Crippen MR) is 73.4 cm³/mol. The van der Waals surface area contributed by atoms with Gasteiger partial charge in [-0.25, -0.2) is 0 Å². The van der Waals surface area contributed by atoms with Crippen LogP contribution < -0.4 is 5.32 Å². The van der Waals surface area contributed by atoms with Crippen LogP contribution in [0, 0.1) is 24.0 Å². The lowest BCUT2D eigenvalue weighted by Crippen LogP contribution is -2.27. The van der Waals surface area contributed by atoms with Gasteiger partial charge in [0.05, 0.1) is 23.1 Å². The van der Waals surface area contributed by atoms with E-state index in [-0.39, 0.29) is 18.3 Å². The average Bonchev–Trinajstić information content (AvgIpc) is 2.95. The first-order valence-corrected chi connectivity index (χ1v) is 6.32. The van der Waals surface area contributed by atoms with Crippen LogP contribution in [0.3, 0.4) is 0 Å². The number of carbonyl (C=O) groups excluding carboxylic acids is 1. The van der Waals surface area contributed by atoms with Gasteiger partial charge in [0.15, 0.2) is 0 Å². The summed E-state index contributed by atoms with van der Waals surface area (Å²) < 4.78 is 2.99. The van der Waals surface area contributed by atoms with Gasteiger partial charge < -0.3 is 15.4 Å². The zero-order valence-electron chi connectivity index (χ0n) is 12.0. The van der Waals surface area contributed by atoms with Crippen LogP contribution in [-0.4, -0.2) is 30.4 Å². The molecule has 0 spiro atoms. The number of nitrogens with zero attached hydrogens (tertiary/aromatic N) is 5. The highest BCUT2D eigenvalue weighted by Crippen LogP contribution is 2.11. The maximum absolute atomic E-state index is 11.8. The molecule has 2 heterocycles. The van der Waals surface area contributed by atoms with Crippen LogP contribution in [0.25, 0.3) is 0 Å². The highest BCUT2D eigenvalue weighted by molar-refractivity contribution is 5.75. The Hall–Kier alpha value is -2.71. The summed E-state index contributed by atoms with van der Waals surface area (Å²) in [5.41, 5.74) is 2.82. The van der Waals surface area contributed by atoms with Gasteiger partial charge in [-0.2, -0.15) is 9.78 Å². The van der Waals surface area contributed by atoms with Crippen molar-refractivity contribution in [2.24, 2.45) is 7.05 Å². The molecule has 112 valence electrons. The molecule has 9 heteroatoms. The number of nitro groups is 1. The number of nitrogens with one attached hydrogen (secondary N) is 1. The van der Waals surface area contributed by atoms with Crippen LogP contribution in [0.1, 0.15) is 17.0 Å². The smallest absolute Gasteiger partial charge is 0.358 e. The molecule has 21 heavy (non-hydrogen) atoms. The second-order valence-electron chi connectivity index (χ2n) is 4.68. The van der Waals surface area contributed by atoms with E-state index in [0.29, 0.717) is 6.54 Å². The lowest BCUT2D eigenvalue weighted by atomic mass is 10.2. The molecule has 1 amide bonds. The Morgan fingerprint density at radius 3 is 2.67 bits per heavy atom. The summed E-state index contributed by atoms with van der Waals surface area (Å²) >= 11 is 0. The lowest BCUT2D eigenvalue weighted by molar-refractivity contribution is -0.389. The first-order chi connectivity index (χ1) is 9.88. The van der Waals surface area contributed by atoms with Gasteiger partial charge in [0, 0.05) is 24.8 Å². The number of aromatic nitrogens is 4.